The number of thiophene rings is 1. The second-order valence-corrected chi connectivity index (χ2v) is 8.54. The third-order valence-electron chi connectivity index (χ3n) is 5.73. The van der Waals surface area contributed by atoms with Crippen molar-refractivity contribution in [2.45, 2.75) is 52.1 Å². The van der Waals surface area contributed by atoms with Crippen molar-refractivity contribution in [1.29, 1.82) is 0 Å². The minimum atomic E-state index is -0.468. The molecule has 7 heteroatoms. The zero-order valence-electron chi connectivity index (χ0n) is 16.8. The van der Waals surface area contributed by atoms with Crippen LogP contribution in [0.4, 0.5) is 0 Å². The van der Waals surface area contributed by atoms with Gasteiger partial charge in [-0.2, -0.15) is 0 Å². The number of fused-ring (bicyclic) bond motifs is 1. The van der Waals surface area contributed by atoms with Crippen LogP contribution < -0.4 is 11.2 Å². The van der Waals surface area contributed by atoms with Gasteiger partial charge in [-0.25, -0.2) is 9.36 Å². The smallest absolute Gasteiger partial charge is 0.336 e. The van der Waals surface area contributed by atoms with E-state index < -0.39 is 5.69 Å². The van der Waals surface area contributed by atoms with Gasteiger partial charge in [-0.05, 0) is 61.7 Å². The van der Waals surface area contributed by atoms with Gasteiger partial charge in [0.1, 0.15) is 11.2 Å². The average Bonchev–Trinajstić information content (AvgIpc) is 3.21. The first-order valence-corrected chi connectivity index (χ1v) is 11.0. The first kappa shape index (κ1) is 19.6. The number of rotatable bonds is 4. The van der Waals surface area contributed by atoms with Crippen molar-refractivity contribution >= 4 is 27.5 Å². The Morgan fingerprint density at radius 3 is 2.79 bits per heavy atom. The van der Waals surface area contributed by atoms with Gasteiger partial charge in [0.15, 0.2) is 0 Å². The number of aryl methyl sites for hydroxylation is 1. The first-order valence-electron chi connectivity index (χ1n) is 10.1. The lowest BCUT2D eigenvalue weighted by atomic mass is 10.00. The predicted octanol–water partition coefficient (Wildman–Crippen LogP) is 3.31. The predicted molar refractivity (Wildman–Crippen MR) is 116 cm³/mol. The number of carbonyl (C=O) groups is 1. The summed E-state index contributed by atoms with van der Waals surface area (Å²) in [6.45, 7) is 4.70. The molecule has 1 amide bonds. The quantitative estimate of drug-likeness (QED) is 0.662. The van der Waals surface area contributed by atoms with Crippen molar-refractivity contribution in [3.63, 3.8) is 0 Å². The molecule has 1 aliphatic rings. The van der Waals surface area contributed by atoms with Crippen LogP contribution in [0, 0.1) is 6.92 Å². The number of piperidine rings is 1. The maximum absolute atomic E-state index is 13.3. The third-order valence-corrected chi connectivity index (χ3v) is 6.62. The summed E-state index contributed by atoms with van der Waals surface area (Å²) in [6, 6.07) is 9.29. The molecule has 0 N–H and O–H groups in total. The van der Waals surface area contributed by atoms with Gasteiger partial charge in [-0.15, -0.1) is 11.3 Å². The molecule has 6 nitrogen and oxygen atoms in total. The van der Waals surface area contributed by atoms with E-state index in [4.69, 9.17) is 0 Å². The van der Waals surface area contributed by atoms with Crippen LogP contribution in [0.3, 0.4) is 0 Å². The summed E-state index contributed by atoms with van der Waals surface area (Å²) in [5, 5.41) is 1.79. The van der Waals surface area contributed by atoms with Gasteiger partial charge in [-0.1, -0.05) is 19.1 Å². The van der Waals surface area contributed by atoms with Gasteiger partial charge >= 0.3 is 5.69 Å². The van der Waals surface area contributed by atoms with E-state index in [-0.39, 0.29) is 24.1 Å². The number of hydrogen-bond acceptors (Lipinski definition) is 4. The molecule has 1 saturated heterocycles. The Kier molecular flexibility index (Phi) is 5.41. The summed E-state index contributed by atoms with van der Waals surface area (Å²) >= 11 is 1.30. The fraction of sp³-hybridized carbons (Fsp3) is 0.409. The molecule has 0 aliphatic carbocycles. The van der Waals surface area contributed by atoms with E-state index in [0.717, 1.165) is 37.8 Å². The highest BCUT2D eigenvalue weighted by molar-refractivity contribution is 7.17. The number of amides is 1. The van der Waals surface area contributed by atoms with Crippen LogP contribution >= 0.6 is 11.3 Å². The van der Waals surface area contributed by atoms with E-state index in [1.807, 2.05) is 30.0 Å². The highest BCUT2D eigenvalue weighted by Crippen LogP contribution is 2.21. The van der Waals surface area contributed by atoms with E-state index in [0.29, 0.717) is 15.9 Å². The fourth-order valence-electron chi connectivity index (χ4n) is 4.21. The number of benzene rings is 1. The molecule has 1 atom stereocenters. The van der Waals surface area contributed by atoms with E-state index in [1.54, 1.807) is 17.5 Å². The molecule has 0 bridgehead atoms. The van der Waals surface area contributed by atoms with Crippen molar-refractivity contribution in [2.75, 3.05) is 6.54 Å². The summed E-state index contributed by atoms with van der Waals surface area (Å²) in [6.07, 6.45) is 4.05. The molecule has 3 aromatic rings. The standard InChI is InChI=1S/C22H25N3O3S/c1-3-16-8-4-5-11-23(16)19(26)14-24-18-10-12-29-20(18)21(27)25(22(24)28)17-9-6-7-15(2)13-17/h6-7,9-10,12-13,16H,3-5,8,11,14H2,1-2H3/t16-/m0/s1. The van der Waals surface area contributed by atoms with Gasteiger partial charge in [0.25, 0.3) is 5.56 Å². The lowest BCUT2D eigenvalue weighted by Crippen LogP contribution is -2.47. The summed E-state index contributed by atoms with van der Waals surface area (Å²) < 4.78 is 3.14. The second-order valence-electron chi connectivity index (χ2n) is 7.63. The minimum absolute atomic E-state index is 0.0470. The Labute approximate surface area is 173 Å². The normalized spacial score (nSPS) is 17.0. The van der Waals surface area contributed by atoms with Crippen molar-refractivity contribution < 1.29 is 4.79 Å². The molecular weight excluding hydrogens is 386 g/mol. The molecule has 1 fully saturated rings. The molecule has 0 saturated carbocycles. The fourth-order valence-corrected chi connectivity index (χ4v) is 5.04. The van der Waals surface area contributed by atoms with Crippen LogP contribution in [0.25, 0.3) is 15.9 Å². The lowest BCUT2D eigenvalue weighted by Gasteiger charge is -2.35. The van der Waals surface area contributed by atoms with Gasteiger partial charge in [-0.3, -0.25) is 14.2 Å². The lowest BCUT2D eigenvalue weighted by molar-refractivity contribution is -0.135. The van der Waals surface area contributed by atoms with Crippen LogP contribution in [0.2, 0.25) is 0 Å². The monoisotopic (exact) mass is 411 g/mol. The summed E-state index contributed by atoms with van der Waals surface area (Å²) in [5.74, 6) is -0.0550. The minimum Gasteiger partial charge on any atom is -0.338 e. The Hall–Kier alpha value is -2.67. The zero-order chi connectivity index (χ0) is 20.5. The zero-order valence-corrected chi connectivity index (χ0v) is 17.6. The summed E-state index contributed by atoms with van der Waals surface area (Å²) in [4.78, 5) is 41.4. The average molecular weight is 412 g/mol. The Balaban J connectivity index is 1.82. The number of nitrogens with zero attached hydrogens (tertiary/aromatic N) is 3. The van der Waals surface area contributed by atoms with Crippen LogP contribution in [0.1, 0.15) is 38.2 Å². The van der Waals surface area contributed by atoms with E-state index in [9.17, 15) is 14.4 Å². The van der Waals surface area contributed by atoms with Crippen LogP contribution in [0.5, 0.6) is 0 Å². The van der Waals surface area contributed by atoms with Gasteiger partial charge in [0.2, 0.25) is 5.91 Å². The van der Waals surface area contributed by atoms with Crippen LogP contribution in [0.15, 0.2) is 45.3 Å². The van der Waals surface area contributed by atoms with Gasteiger partial charge < -0.3 is 4.90 Å². The molecule has 0 radical (unpaired) electrons. The molecule has 29 heavy (non-hydrogen) atoms. The van der Waals surface area contributed by atoms with Gasteiger partial charge in [0, 0.05) is 12.6 Å². The molecule has 4 rings (SSSR count). The molecule has 3 heterocycles. The summed E-state index contributed by atoms with van der Waals surface area (Å²) in [5.41, 5.74) is 1.22. The van der Waals surface area contributed by atoms with E-state index in [2.05, 4.69) is 6.92 Å². The topological polar surface area (TPSA) is 64.3 Å². The second kappa shape index (κ2) is 7.99. The Morgan fingerprint density at radius 2 is 2.03 bits per heavy atom. The van der Waals surface area contributed by atoms with Crippen LogP contribution in [-0.2, 0) is 11.3 Å². The largest absolute Gasteiger partial charge is 0.338 e. The highest BCUT2D eigenvalue weighted by atomic mass is 32.1. The summed E-state index contributed by atoms with van der Waals surface area (Å²) in [7, 11) is 0. The van der Waals surface area contributed by atoms with E-state index in [1.165, 1.54) is 20.5 Å². The molecule has 152 valence electrons. The third kappa shape index (κ3) is 3.55. The van der Waals surface area contributed by atoms with Crippen molar-refractivity contribution in [3.8, 4) is 5.69 Å². The molecular formula is C22H25N3O3S. The van der Waals surface area contributed by atoms with Crippen molar-refractivity contribution in [3.05, 3.63) is 62.1 Å². The highest BCUT2D eigenvalue weighted by Gasteiger charge is 2.27. The maximum atomic E-state index is 13.3. The van der Waals surface area contributed by atoms with Crippen molar-refractivity contribution in [2.24, 2.45) is 0 Å². The molecule has 1 aliphatic heterocycles. The Morgan fingerprint density at radius 1 is 1.21 bits per heavy atom. The molecule has 1 aromatic carbocycles. The SMILES string of the molecule is CC[C@H]1CCCCN1C(=O)Cn1c(=O)n(-c2cccc(C)c2)c(=O)c2sccc21. The first-order chi connectivity index (χ1) is 14.0. The van der Waals surface area contributed by atoms with E-state index >= 15 is 0 Å². The number of hydrogen-bond donors (Lipinski definition) is 0. The maximum Gasteiger partial charge on any atom is 0.336 e. The number of carbonyl (C=O) groups excluding carboxylic acids is 1. The Bertz CT molecular complexity index is 1170. The number of aromatic nitrogens is 2. The van der Waals surface area contributed by atoms with Gasteiger partial charge in [0.05, 0.1) is 11.2 Å². The molecule has 2 aromatic heterocycles. The molecule has 0 unspecified atom stereocenters. The molecule has 0 spiro atoms. The van der Waals surface area contributed by atoms with Crippen LogP contribution in [-0.4, -0.2) is 32.5 Å². The van der Waals surface area contributed by atoms with Crippen molar-refractivity contribution in [1.82, 2.24) is 14.0 Å². The number of likely N-dealkylation sites (tertiary alicyclic amines) is 1.